The highest BCUT2D eigenvalue weighted by Crippen LogP contribution is 2.65. The molecule has 1 heterocycles. The largest absolute Gasteiger partial charge is 0.393 e. The van der Waals surface area contributed by atoms with Gasteiger partial charge in [0.25, 0.3) is 0 Å². The van der Waals surface area contributed by atoms with Crippen molar-refractivity contribution in [2.24, 2.45) is 40.4 Å². The summed E-state index contributed by atoms with van der Waals surface area (Å²) in [5, 5.41) is 14.6. The van der Waals surface area contributed by atoms with E-state index in [9.17, 15) is 9.90 Å². The van der Waals surface area contributed by atoms with Crippen molar-refractivity contribution in [3.63, 3.8) is 0 Å². The highest BCUT2D eigenvalue weighted by atomic mass is 16.3. The van der Waals surface area contributed by atoms with E-state index in [1.807, 2.05) is 0 Å². The second-order valence-electron chi connectivity index (χ2n) is 11.0. The molecule has 5 fully saturated rings. The summed E-state index contributed by atoms with van der Waals surface area (Å²) >= 11 is 0. The summed E-state index contributed by atoms with van der Waals surface area (Å²) in [6.07, 6.45) is 12.2. The van der Waals surface area contributed by atoms with Crippen LogP contribution < -0.4 is 5.32 Å². The molecule has 0 bridgehead atoms. The maximum atomic E-state index is 12.6. The molecule has 1 saturated heterocycles. The van der Waals surface area contributed by atoms with Crippen molar-refractivity contribution in [2.75, 3.05) is 13.1 Å². The molecule has 3 heteroatoms. The average molecular weight is 372 g/mol. The molecule has 2 N–H and O–H groups in total. The third kappa shape index (κ3) is 2.71. The van der Waals surface area contributed by atoms with Crippen LogP contribution >= 0.6 is 0 Å². The fourth-order valence-corrected chi connectivity index (χ4v) is 7.95. The van der Waals surface area contributed by atoms with Gasteiger partial charge in [0.2, 0.25) is 0 Å². The number of ketones is 1. The molecule has 0 aromatic carbocycles. The molecule has 0 aromatic rings. The summed E-state index contributed by atoms with van der Waals surface area (Å²) in [6.45, 7) is 7.08. The van der Waals surface area contributed by atoms with Crippen LogP contribution in [0.3, 0.4) is 0 Å². The van der Waals surface area contributed by atoms with Crippen molar-refractivity contribution < 1.29 is 9.90 Å². The fraction of sp³-hybridized carbons (Fsp3) is 0.875. The Bertz CT molecular complexity index is 653. The van der Waals surface area contributed by atoms with E-state index < -0.39 is 0 Å². The zero-order chi connectivity index (χ0) is 18.8. The number of allylic oxidation sites excluding steroid dienone is 2. The molecule has 0 radical (unpaired) electrons. The lowest BCUT2D eigenvalue weighted by Gasteiger charge is -2.61. The first-order chi connectivity index (χ1) is 12.9. The Kier molecular flexibility index (Phi) is 4.37. The Labute approximate surface area is 164 Å². The van der Waals surface area contributed by atoms with Gasteiger partial charge < -0.3 is 10.4 Å². The van der Waals surface area contributed by atoms with Crippen LogP contribution in [0.25, 0.3) is 0 Å². The number of Topliss-reactive ketones (excluding diaryl/α,β-unsaturated/α-hetero) is 1. The van der Waals surface area contributed by atoms with Crippen LogP contribution in [0.2, 0.25) is 0 Å². The summed E-state index contributed by atoms with van der Waals surface area (Å²) in [4.78, 5) is 12.6. The highest BCUT2D eigenvalue weighted by Gasteiger charge is 2.61. The molecular weight excluding hydrogens is 334 g/mol. The van der Waals surface area contributed by atoms with Crippen LogP contribution in [0.1, 0.15) is 71.6 Å². The molecule has 7 atom stereocenters. The summed E-state index contributed by atoms with van der Waals surface area (Å²) in [5.41, 5.74) is 1.80. The van der Waals surface area contributed by atoms with Gasteiger partial charge >= 0.3 is 0 Å². The van der Waals surface area contributed by atoms with E-state index in [-0.39, 0.29) is 16.9 Å². The van der Waals surface area contributed by atoms with Crippen LogP contribution in [0.5, 0.6) is 0 Å². The predicted molar refractivity (Wildman–Crippen MR) is 107 cm³/mol. The Morgan fingerprint density at radius 3 is 2.67 bits per heavy atom. The van der Waals surface area contributed by atoms with E-state index in [4.69, 9.17) is 0 Å². The summed E-state index contributed by atoms with van der Waals surface area (Å²) < 4.78 is 0. The van der Waals surface area contributed by atoms with E-state index in [1.54, 1.807) is 5.57 Å². The number of hydrogen-bond donors (Lipinski definition) is 2. The lowest BCUT2D eigenvalue weighted by Crippen LogP contribution is -2.57. The number of fused-ring (bicyclic) bond motifs is 5. The number of rotatable bonds is 2. The summed E-state index contributed by atoms with van der Waals surface area (Å²) in [5.74, 6) is 3.58. The molecule has 0 spiro atoms. The number of nitrogens with one attached hydrogen (secondary N) is 1. The lowest BCUT2D eigenvalue weighted by molar-refractivity contribution is -0.155. The third-order valence-corrected chi connectivity index (χ3v) is 9.89. The van der Waals surface area contributed by atoms with Gasteiger partial charge in [0.05, 0.1) is 6.10 Å². The standard InChI is InChI=1S/C24H37NO2/c1-23-9-7-15(3-4-16-13-25-14-16)11-20(23)21(26)12-17-18-5-6-22(27)24(18,2)10-8-19(17)23/h3,16-21,25-26H,4-14H2,1-2H3/t17-,18-,19-,20?,21-,23+,24-/m0/s1. The molecular formula is C24H37NO2. The van der Waals surface area contributed by atoms with Crippen molar-refractivity contribution in [1.82, 2.24) is 5.32 Å². The molecule has 0 aromatic heterocycles. The molecule has 3 nitrogen and oxygen atoms in total. The number of aliphatic hydroxyl groups excluding tert-OH is 1. The first-order valence-electron chi connectivity index (χ1n) is 11.5. The monoisotopic (exact) mass is 371 g/mol. The van der Waals surface area contributed by atoms with Gasteiger partial charge in [-0.15, -0.1) is 0 Å². The molecule has 4 saturated carbocycles. The first-order valence-corrected chi connectivity index (χ1v) is 11.5. The van der Waals surface area contributed by atoms with Crippen LogP contribution in [0.4, 0.5) is 0 Å². The Morgan fingerprint density at radius 1 is 1.11 bits per heavy atom. The minimum Gasteiger partial charge on any atom is -0.393 e. The van der Waals surface area contributed by atoms with E-state index >= 15 is 0 Å². The Balaban J connectivity index is 1.36. The molecule has 1 unspecified atom stereocenters. The van der Waals surface area contributed by atoms with Crippen molar-refractivity contribution in [3.05, 3.63) is 11.6 Å². The van der Waals surface area contributed by atoms with Crippen LogP contribution in [0, 0.1) is 40.4 Å². The number of hydrogen-bond acceptors (Lipinski definition) is 3. The number of carbonyl (C=O) groups is 1. The molecule has 1 aliphatic heterocycles. The van der Waals surface area contributed by atoms with Crippen molar-refractivity contribution in [3.8, 4) is 0 Å². The molecule has 4 aliphatic carbocycles. The maximum Gasteiger partial charge on any atom is 0.139 e. The maximum absolute atomic E-state index is 12.6. The van der Waals surface area contributed by atoms with Gasteiger partial charge in [0.15, 0.2) is 0 Å². The minimum atomic E-state index is -0.177. The van der Waals surface area contributed by atoms with Crippen molar-refractivity contribution >= 4 is 5.78 Å². The van der Waals surface area contributed by atoms with Gasteiger partial charge in [0, 0.05) is 11.8 Å². The quantitative estimate of drug-likeness (QED) is 0.718. The minimum absolute atomic E-state index is 0.0827. The SMILES string of the molecule is C[C@]12CCC(=CCC3CNC3)CC1[C@@H](O)C[C@@H]1[C@@H]2CC[C@]2(C)C(=O)CC[C@@H]12. The summed E-state index contributed by atoms with van der Waals surface area (Å²) in [7, 11) is 0. The van der Waals surface area contributed by atoms with Crippen LogP contribution in [-0.2, 0) is 4.79 Å². The molecule has 150 valence electrons. The topological polar surface area (TPSA) is 49.3 Å². The van der Waals surface area contributed by atoms with E-state index in [0.29, 0.717) is 29.5 Å². The zero-order valence-corrected chi connectivity index (χ0v) is 17.2. The van der Waals surface area contributed by atoms with Crippen LogP contribution in [-0.4, -0.2) is 30.1 Å². The number of carbonyl (C=O) groups excluding carboxylic acids is 1. The van der Waals surface area contributed by atoms with E-state index in [2.05, 4.69) is 25.2 Å². The normalized spacial score (nSPS) is 51.4. The van der Waals surface area contributed by atoms with Crippen molar-refractivity contribution in [1.29, 1.82) is 0 Å². The average Bonchev–Trinajstić information content (AvgIpc) is 2.90. The molecule has 0 amide bonds. The van der Waals surface area contributed by atoms with Gasteiger partial charge in [-0.25, -0.2) is 0 Å². The van der Waals surface area contributed by atoms with Gasteiger partial charge in [-0.1, -0.05) is 25.5 Å². The third-order valence-electron chi connectivity index (χ3n) is 9.89. The molecule has 27 heavy (non-hydrogen) atoms. The fourth-order valence-electron chi connectivity index (χ4n) is 7.95. The molecule has 5 aliphatic rings. The second-order valence-corrected chi connectivity index (χ2v) is 11.0. The van der Waals surface area contributed by atoms with Gasteiger partial charge in [-0.2, -0.15) is 0 Å². The first kappa shape index (κ1) is 18.4. The van der Waals surface area contributed by atoms with E-state index in [0.717, 1.165) is 38.0 Å². The predicted octanol–water partition coefficient (Wildman–Crippen LogP) is 4.10. The van der Waals surface area contributed by atoms with Crippen LogP contribution in [0.15, 0.2) is 11.6 Å². The smallest absolute Gasteiger partial charge is 0.139 e. The number of aliphatic hydroxyl groups is 1. The lowest BCUT2D eigenvalue weighted by atomic mass is 9.44. The molecule has 5 rings (SSSR count). The summed E-state index contributed by atoms with van der Waals surface area (Å²) in [6, 6.07) is 0. The van der Waals surface area contributed by atoms with Gasteiger partial charge in [0.1, 0.15) is 5.78 Å². The zero-order valence-electron chi connectivity index (χ0n) is 17.2. The highest BCUT2D eigenvalue weighted by molar-refractivity contribution is 5.87. The Hall–Kier alpha value is -0.670. The van der Waals surface area contributed by atoms with Gasteiger partial charge in [-0.05, 0) is 99.5 Å². The second kappa shape index (κ2) is 6.42. The van der Waals surface area contributed by atoms with Gasteiger partial charge in [-0.3, -0.25) is 4.79 Å². The Morgan fingerprint density at radius 2 is 1.93 bits per heavy atom. The van der Waals surface area contributed by atoms with Crippen molar-refractivity contribution in [2.45, 2.75) is 77.7 Å². The van der Waals surface area contributed by atoms with E-state index in [1.165, 1.54) is 38.8 Å².